The van der Waals surface area contributed by atoms with E-state index in [1.54, 1.807) is 12.4 Å². The Morgan fingerprint density at radius 3 is 2.73 bits per heavy atom. The minimum Gasteiger partial charge on any atom is -0.265 e. The van der Waals surface area contributed by atoms with Crippen molar-refractivity contribution in [1.82, 2.24) is 15.0 Å². The van der Waals surface area contributed by atoms with Crippen molar-refractivity contribution in [2.45, 2.75) is 16.8 Å². The molecule has 15 heavy (non-hydrogen) atoms. The summed E-state index contributed by atoms with van der Waals surface area (Å²) in [5.41, 5.74) is 0.859. The molecule has 2 aromatic heterocycles. The summed E-state index contributed by atoms with van der Waals surface area (Å²) in [7, 11) is 0. The van der Waals surface area contributed by atoms with E-state index in [-0.39, 0.29) is 0 Å². The van der Waals surface area contributed by atoms with E-state index in [9.17, 15) is 4.39 Å². The number of rotatable bonds is 2. The molecule has 3 nitrogen and oxygen atoms in total. The van der Waals surface area contributed by atoms with Crippen LogP contribution in [0.1, 0.15) is 5.56 Å². The molecular weight excluding hydrogens is 213 g/mol. The summed E-state index contributed by atoms with van der Waals surface area (Å²) in [6, 6.07) is 3.70. The first-order valence-corrected chi connectivity index (χ1v) is 5.14. The van der Waals surface area contributed by atoms with E-state index in [0.717, 1.165) is 10.5 Å². The molecule has 0 aliphatic rings. The van der Waals surface area contributed by atoms with Gasteiger partial charge in [0.05, 0.1) is 0 Å². The lowest BCUT2D eigenvalue weighted by molar-refractivity contribution is 0.525. The zero-order chi connectivity index (χ0) is 10.7. The van der Waals surface area contributed by atoms with E-state index in [1.807, 2.05) is 19.1 Å². The van der Waals surface area contributed by atoms with Crippen LogP contribution in [0.4, 0.5) is 4.39 Å². The van der Waals surface area contributed by atoms with Gasteiger partial charge >= 0.3 is 6.08 Å². The van der Waals surface area contributed by atoms with Gasteiger partial charge in [-0.05, 0) is 19.1 Å². The summed E-state index contributed by atoms with van der Waals surface area (Å²) >= 11 is 1.40. The van der Waals surface area contributed by atoms with Crippen LogP contribution in [0.5, 0.6) is 0 Å². The summed E-state index contributed by atoms with van der Waals surface area (Å²) in [5.74, 6) is 0. The molecule has 0 spiro atoms. The first-order valence-electron chi connectivity index (χ1n) is 4.33. The minimum absolute atomic E-state index is 0.633. The van der Waals surface area contributed by atoms with Gasteiger partial charge in [0.25, 0.3) is 0 Å². The molecule has 5 heteroatoms. The van der Waals surface area contributed by atoms with Crippen LogP contribution in [-0.2, 0) is 0 Å². The van der Waals surface area contributed by atoms with Gasteiger partial charge in [-0.25, -0.2) is 4.98 Å². The molecule has 2 heterocycles. The maximum absolute atomic E-state index is 12.8. The van der Waals surface area contributed by atoms with E-state index < -0.39 is 6.08 Å². The molecule has 0 unspecified atom stereocenters. The van der Waals surface area contributed by atoms with Gasteiger partial charge in [0, 0.05) is 29.0 Å². The molecule has 0 atom stereocenters. The number of aryl methyl sites for hydroxylation is 1. The normalized spacial score (nSPS) is 10.3. The quantitative estimate of drug-likeness (QED) is 0.577. The van der Waals surface area contributed by atoms with Crippen LogP contribution in [0.3, 0.4) is 0 Å². The van der Waals surface area contributed by atoms with Crippen molar-refractivity contribution in [3.63, 3.8) is 0 Å². The molecule has 0 aliphatic carbocycles. The van der Waals surface area contributed by atoms with Crippen molar-refractivity contribution in [3.05, 3.63) is 42.4 Å². The molecule has 0 saturated carbocycles. The molecule has 0 bridgehead atoms. The van der Waals surface area contributed by atoms with E-state index in [0.29, 0.717) is 5.03 Å². The van der Waals surface area contributed by atoms with Gasteiger partial charge in [0.15, 0.2) is 0 Å². The second kappa shape index (κ2) is 4.35. The van der Waals surface area contributed by atoms with E-state index >= 15 is 0 Å². The highest BCUT2D eigenvalue weighted by Gasteiger charge is 2.05. The Morgan fingerprint density at radius 2 is 2.00 bits per heavy atom. The standard InChI is InChI=1S/C10H8FN3S/c1-7-6-13-10(11)14-9(7)15-8-2-4-12-5-3-8/h2-6H,1H3. The Kier molecular flexibility index (Phi) is 2.91. The third-order valence-electron chi connectivity index (χ3n) is 1.76. The molecule has 0 aromatic carbocycles. The van der Waals surface area contributed by atoms with Crippen molar-refractivity contribution in [3.8, 4) is 0 Å². The summed E-state index contributed by atoms with van der Waals surface area (Å²) < 4.78 is 12.8. The molecule has 2 rings (SSSR count). The lowest BCUT2D eigenvalue weighted by Crippen LogP contribution is -1.93. The highest BCUT2D eigenvalue weighted by atomic mass is 32.2. The summed E-state index contributed by atoms with van der Waals surface area (Å²) in [6.07, 6.45) is 4.16. The van der Waals surface area contributed by atoms with Gasteiger partial charge < -0.3 is 0 Å². The minimum atomic E-state index is -0.697. The number of pyridine rings is 1. The van der Waals surface area contributed by atoms with Crippen LogP contribution >= 0.6 is 11.8 Å². The second-order valence-corrected chi connectivity index (χ2v) is 3.97. The first kappa shape index (κ1) is 10.0. The van der Waals surface area contributed by atoms with Gasteiger partial charge in [-0.3, -0.25) is 4.98 Å². The summed E-state index contributed by atoms with van der Waals surface area (Å²) in [6.45, 7) is 1.85. The molecule has 0 fully saturated rings. The highest BCUT2D eigenvalue weighted by Crippen LogP contribution is 2.27. The fourth-order valence-corrected chi connectivity index (χ4v) is 1.84. The second-order valence-electron chi connectivity index (χ2n) is 2.91. The van der Waals surface area contributed by atoms with Crippen LogP contribution in [0.15, 0.2) is 40.6 Å². The van der Waals surface area contributed by atoms with Crippen molar-refractivity contribution >= 4 is 11.8 Å². The lowest BCUT2D eigenvalue weighted by atomic mass is 10.4. The van der Waals surface area contributed by atoms with E-state index in [2.05, 4.69) is 15.0 Å². The maximum atomic E-state index is 12.8. The predicted octanol–water partition coefficient (Wildman–Crippen LogP) is 2.47. The van der Waals surface area contributed by atoms with Crippen molar-refractivity contribution in [1.29, 1.82) is 0 Å². The van der Waals surface area contributed by atoms with Crippen LogP contribution in [-0.4, -0.2) is 15.0 Å². The fraction of sp³-hybridized carbons (Fsp3) is 0.100. The number of hydrogen-bond donors (Lipinski definition) is 0. The molecule has 2 aromatic rings. The lowest BCUT2D eigenvalue weighted by Gasteiger charge is -2.02. The highest BCUT2D eigenvalue weighted by molar-refractivity contribution is 7.99. The maximum Gasteiger partial charge on any atom is 0.309 e. The first-order chi connectivity index (χ1) is 7.25. The Hall–Kier alpha value is -1.49. The van der Waals surface area contributed by atoms with Crippen LogP contribution in [0.25, 0.3) is 0 Å². The number of aromatic nitrogens is 3. The van der Waals surface area contributed by atoms with Gasteiger partial charge in [0.1, 0.15) is 5.03 Å². The Labute approximate surface area is 90.8 Å². The van der Waals surface area contributed by atoms with Crippen molar-refractivity contribution < 1.29 is 4.39 Å². The van der Waals surface area contributed by atoms with Crippen LogP contribution in [0, 0.1) is 13.0 Å². The predicted molar refractivity (Wildman–Crippen MR) is 55.1 cm³/mol. The molecule has 0 saturated heterocycles. The molecule has 76 valence electrons. The molecule has 0 N–H and O–H groups in total. The van der Waals surface area contributed by atoms with Crippen LogP contribution in [0.2, 0.25) is 0 Å². The number of halogens is 1. The number of nitrogens with zero attached hydrogens (tertiary/aromatic N) is 3. The molecule has 0 radical (unpaired) electrons. The van der Waals surface area contributed by atoms with Crippen molar-refractivity contribution in [2.24, 2.45) is 0 Å². The topological polar surface area (TPSA) is 38.7 Å². The van der Waals surface area contributed by atoms with Gasteiger partial charge in [0.2, 0.25) is 0 Å². The van der Waals surface area contributed by atoms with Gasteiger partial charge in [-0.2, -0.15) is 9.37 Å². The van der Waals surface area contributed by atoms with Crippen LogP contribution < -0.4 is 0 Å². The molecule has 0 amide bonds. The van der Waals surface area contributed by atoms with Gasteiger partial charge in [-0.15, -0.1) is 0 Å². The Bertz CT molecular complexity index is 461. The average molecular weight is 221 g/mol. The third-order valence-corrected chi connectivity index (χ3v) is 2.87. The zero-order valence-electron chi connectivity index (χ0n) is 8.01. The summed E-state index contributed by atoms with van der Waals surface area (Å²) in [5, 5.41) is 0.633. The number of hydrogen-bond acceptors (Lipinski definition) is 4. The smallest absolute Gasteiger partial charge is 0.265 e. The largest absolute Gasteiger partial charge is 0.309 e. The fourth-order valence-electron chi connectivity index (χ4n) is 1.03. The van der Waals surface area contributed by atoms with Gasteiger partial charge in [-0.1, -0.05) is 11.8 Å². The third kappa shape index (κ3) is 2.50. The monoisotopic (exact) mass is 221 g/mol. The Balaban J connectivity index is 2.28. The molecule has 0 aliphatic heterocycles. The Morgan fingerprint density at radius 1 is 1.27 bits per heavy atom. The average Bonchev–Trinajstić information content (AvgIpc) is 2.25. The SMILES string of the molecule is Cc1cnc(F)nc1Sc1ccncc1. The van der Waals surface area contributed by atoms with E-state index in [1.165, 1.54) is 18.0 Å². The summed E-state index contributed by atoms with van der Waals surface area (Å²) in [4.78, 5) is 12.1. The van der Waals surface area contributed by atoms with E-state index in [4.69, 9.17) is 0 Å². The molecular formula is C10H8FN3S. The zero-order valence-corrected chi connectivity index (χ0v) is 8.83. The van der Waals surface area contributed by atoms with Crippen molar-refractivity contribution in [2.75, 3.05) is 0 Å².